The molecule has 1 N–H and O–H groups in total. The van der Waals surface area contributed by atoms with Crippen molar-refractivity contribution < 1.29 is 41.0 Å². The highest BCUT2D eigenvalue weighted by Gasteiger charge is 2.34. The summed E-state index contributed by atoms with van der Waals surface area (Å²) >= 11 is 0. The monoisotopic (exact) mass is 412 g/mol. The van der Waals surface area contributed by atoms with E-state index >= 15 is 0 Å². The molecule has 0 aromatic heterocycles. The van der Waals surface area contributed by atoms with Crippen molar-refractivity contribution in [2.75, 3.05) is 50.0 Å². The highest BCUT2D eigenvalue weighted by molar-refractivity contribution is 7.92. The number of carboxylic acids is 1. The molecule has 0 aliphatic carbocycles. The molecule has 1 aliphatic heterocycles. The van der Waals surface area contributed by atoms with E-state index < -0.39 is 33.8 Å². The Kier molecular flexibility index (Phi) is 6.54. The number of carboxylic acid groups (broad SMARTS) is 1. The van der Waals surface area contributed by atoms with Crippen LogP contribution in [0.4, 0.5) is 18.9 Å². The number of halogens is 3. The summed E-state index contributed by atoms with van der Waals surface area (Å²) in [7, 11) is -4.00. The van der Waals surface area contributed by atoms with Gasteiger partial charge in [-0.1, -0.05) is 0 Å². The van der Waals surface area contributed by atoms with Crippen LogP contribution in [-0.4, -0.2) is 76.4 Å². The van der Waals surface area contributed by atoms with Gasteiger partial charge in [0.1, 0.15) is 0 Å². The van der Waals surface area contributed by atoms with Crippen LogP contribution in [0.1, 0.15) is 10.4 Å². The quantitative estimate of drug-likeness (QED) is 0.723. The van der Waals surface area contributed by atoms with Crippen molar-refractivity contribution in [1.82, 2.24) is 4.90 Å². The molecule has 1 heterocycles. The van der Waals surface area contributed by atoms with Gasteiger partial charge in [0.05, 0.1) is 30.7 Å². The van der Waals surface area contributed by atoms with Gasteiger partial charge in [0.2, 0.25) is 10.0 Å². The maximum Gasteiger partial charge on any atom is 0.573 e. The molecule has 2 rings (SSSR count). The Bertz CT molecular complexity index is 778. The first-order valence-electron chi connectivity index (χ1n) is 7.88. The van der Waals surface area contributed by atoms with Gasteiger partial charge < -0.3 is 14.6 Å². The minimum absolute atomic E-state index is 0.171. The molecule has 0 amide bonds. The van der Waals surface area contributed by atoms with Crippen LogP contribution in [0.15, 0.2) is 18.2 Å². The largest absolute Gasteiger partial charge is 0.573 e. The molecule has 1 aromatic rings. The average molecular weight is 412 g/mol. The Morgan fingerprint density at radius 3 is 2.48 bits per heavy atom. The van der Waals surface area contributed by atoms with Crippen LogP contribution < -0.4 is 9.04 Å². The van der Waals surface area contributed by atoms with Crippen LogP contribution in [0.25, 0.3) is 0 Å². The van der Waals surface area contributed by atoms with E-state index in [9.17, 15) is 26.4 Å². The molecule has 1 saturated heterocycles. The smallest absolute Gasteiger partial charge is 0.478 e. The number of hydrogen-bond donors (Lipinski definition) is 1. The lowest BCUT2D eigenvalue weighted by Gasteiger charge is -2.30. The van der Waals surface area contributed by atoms with Gasteiger partial charge in [-0.2, -0.15) is 0 Å². The van der Waals surface area contributed by atoms with Crippen molar-refractivity contribution in [1.29, 1.82) is 0 Å². The lowest BCUT2D eigenvalue weighted by atomic mass is 10.2. The first-order chi connectivity index (χ1) is 12.5. The van der Waals surface area contributed by atoms with E-state index in [-0.39, 0.29) is 18.7 Å². The Balaban J connectivity index is 2.39. The third-order valence-electron chi connectivity index (χ3n) is 3.82. The van der Waals surface area contributed by atoms with E-state index in [1.54, 1.807) is 0 Å². The van der Waals surface area contributed by atoms with Crippen LogP contribution in [0.2, 0.25) is 0 Å². The number of alkyl halides is 3. The second kappa shape index (κ2) is 8.31. The Morgan fingerprint density at radius 1 is 1.33 bits per heavy atom. The summed E-state index contributed by atoms with van der Waals surface area (Å²) < 4.78 is 72.3. The van der Waals surface area contributed by atoms with E-state index in [0.717, 1.165) is 28.8 Å². The first-order valence-corrected chi connectivity index (χ1v) is 9.73. The first kappa shape index (κ1) is 21.3. The predicted molar refractivity (Wildman–Crippen MR) is 89.5 cm³/mol. The maximum atomic E-state index is 12.7. The molecule has 8 nitrogen and oxygen atoms in total. The summed E-state index contributed by atoms with van der Waals surface area (Å²) in [5.41, 5.74) is -0.845. The molecule has 12 heteroatoms. The standard InChI is InChI=1S/C15H19F3N2O6S/c1-27(23,24)20(5-4-19-6-8-25-9-7-19)12-10-11(14(21)22)2-3-13(12)26-15(16,17)18/h2-3,10H,4-9H2,1H3,(H,21,22). The van der Waals surface area contributed by atoms with E-state index in [0.29, 0.717) is 26.3 Å². The predicted octanol–water partition coefficient (Wildman–Crippen LogP) is 1.38. The maximum absolute atomic E-state index is 12.7. The molecule has 0 saturated carbocycles. The fourth-order valence-corrected chi connectivity index (χ4v) is 3.49. The van der Waals surface area contributed by atoms with Gasteiger partial charge in [-0.3, -0.25) is 9.21 Å². The fraction of sp³-hybridized carbons (Fsp3) is 0.533. The Morgan fingerprint density at radius 2 is 1.96 bits per heavy atom. The number of rotatable bonds is 7. The van der Waals surface area contributed by atoms with Crippen molar-refractivity contribution >= 4 is 21.7 Å². The molecule has 0 bridgehead atoms. The van der Waals surface area contributed by atoms with E-state index in [1.165, 1.54) is 0 Å². The van der Waals surface area contributed by atoms with Crippen molar-refractivity contribution in [3.63, 3.8) is 0 Å². The van der Waals surface area contributed by atoms with E-state index in [2.05, 4.69) is 4.74 Å². The van der Waals surface area contributed by atoms with Crippen molar-refractivity contribution in [3.8, 4) is 5.75 Å². The second-order valence-corrected chi connectivity index (χ2v) is 7.73. The zero-order valence-corrected chi connectivity index (χ0v) is 15.2. The fourth-order valence-electron chi connectivity index (χ4n) is 2.58. The lowest BCUT2D eigenvalue weighted by molar-refractivity contribution is -0.274. The van der Waals surface area contributed by atoms with Crippen molar-refractivity contribution in [3.05, 3.63) is 23.8 Å². The molecule has 1 fully saturated rings. The summed E-state index contributed by atoms with van der Waals surface area (Å²) in [5, 5.41) is 9.10. The third kappa shape index (κ3) is 6.26. The summed E-state index contributed by atoms with van der Waals surface area (Å²) in [6, 6.07) is 2.55. The summed E-state index contributed by atoms with van der Waals surface area (Å²) in [6.45, 7) is 2.11. The number of carbonyl (C=O) groups is 1. The highest BCUT2D eigenvalue weighted by Crippen LogP contribution is 2.35. The number of hydrogen-bond acceptors (Lipinski definition) is 6. The topological polar surface area (TPSA) is 96.4 Å². The summed E-state index contributed by atoms with van der Waals surface area (Å²) in [4.78, 5) is 13.1. The summed E-state index contributed by atoms with van der Waals surface area (Å²) in [5.74, 6) is -2.20. The molecule has 0 spiro atoms. The lowest BCUT2D eigenvalue weighted by Crippen LogP contribution is -2.43. The third-order valence-corrected chi connectivity index (χ3v) is 5.00. The van der Waals surface area contributed by atoms with E-state index in [1.807, 2.05) is 4.90 Å². The van der Waals surface area contributed by atoms with Gasteiger partial charge in [0.15, 0.2) is 5.75 Å². The average Bonchev–Trinajstić information content (AvgIpc) is 2.54. The van der Waals surface area contributed by atoms with Crippen LogP contribution >= 0.6 is 0 Å². The second-order valence-electron chi connectivity index (χ2n) is 5.82. The van der Waals surface area contributed by atoms with Crippen LogP contribution in [0, 0.1) is 0 Å². The Hall–Kier alpha value is -2.05. The number of morpholine rings is 1. The molecule has 27 heavy (non-hydrogen) atoms. The van der Waals surface area contributed by atoms with Crippen LogP contribution in [-0.2, 0) is 14.8 Å². The SMILES string of the molecule is CS(=O)(=O)N(CCN1CCOCC1)c1cc(C(=O)O)ccc1OC(F)(F)F. The van der Waals surface area contributed by atoms with E-state index in [4.69, 9.17) is 9.84 Å². The highest BCUT2D eigenvalue weighted by atomic mass is 32.2. The molecule has 0 radical (unpaired) electrons. The normalized spacial score (nSPS) is 16.1. The molecule has 152 valence electrons. The van der Waals surface area contributed by atoms with Gasteiger partial charge in [-0.25, -0.2) is 13.2 Å². The van der Waals surface area contributed by atoms with Crippen LogP contribution in [0.5, 0.6) is 5.75 Å². The molecular weight excluding hydrogens is 393 g/mol. The molecule has 0 unspecified atom stereocenters. The van der Waals surface area contributed by atoms with Gasteiger partial charge in [0, 0.05) is 26.2 Å². The Labute approximate surface area is 154 Å². The van der Waals surface area contributed by atoms with Crippen LogP contribution in [0.3, 0.4) is 0 Å². The molecular formula is C15H19F3N2O6S. The number of sulfonamides is 1. The minimum atomic E-state index is -5.06. The van der Waals surface area contributed by atoms with Crippen molar-refractivity contribution in [2.24, 2.45) is 0 Å². The number of nitrogens with zero attached hydrogens (tertiary/aromatic N) is 2. The van der Waals surface area contributed by atoms with Gasteiger partial charge >= 0.3 is 12.3 Å². The zero-order valence-electron chi connectivity index (χ0n) is 14.4. The molecule has 0 atom stereocenters. The summed E-state index contributed by atoms with van der Waals surface area (Å²) in [6.07, 6.45) is -4.23. The number of benzene rings is 1. The number of aromatic carboxylic acids is 1. The molecule has 1 aromatic carbocycles. The number of ether oxygens (including phenoxy) is 2. The van der Waals surface area contributed by atoms with Gasteiger partial charge in [-0.15, -0.1) is 13.2 Å². The van der Waals surface area contributed by atoms with Gasteiger partial charge in [0.25, 0.3) is 0 Å². The molecule has 1 aliphatic rings. The minimum Gasteiger partial charge on any atom is -0.478 e. The van der Waals surface area contributed by atoms with Crippen molar-refractivity contribution in [2.45, 2.75) is 6.36 Å². The van der Waals surface area contributed by atoms with Gasteiger partial charge in [-0.05, 0) is 18.2 Å². The zero-order chi connectivity index (χ0) is 20.2. The number of anilines is 1.